The second-order valence-corrected chi connectivity index (χ2v) is 4.78. The minimum Gasteiger partial charge on any atom is -0.382 e. The first-order valence-electron chi connectivity index (χ1n) is 5.01. The van der Waals surface area contributed by atoms with E-state index in [1.807, 2.05) is 22.6 Å². The molecule has 0 saturated heterocycles. The molecule has 0 saturated carbocycles. The zero-order valence-corrected chi connectivity index (χ0v) is 11.5. The fraction of sp³-hybridized carbons (Fsp3) is 0.364. The topological polar surface area (TPSA) is 49.3 Å². The number of benzene rings is 1. The number of carbonyl (C=O) groups excluding carboxylic acids is 1. The van der Waals surface area contributed by atoms with Gasteiger partial charge in [-0.05, 0) is 41.1 Å². The second-order valence-electron chi connectivity index (χ2n) is 3.70. The Hall–Kier alpha value is -0.830. The highest BCUT2D eigenvalue weighted by molar-refractivity contribution is 14.1. The average Bonchev–Trinajstić information content (AvgIpc) is 2.27. The van der Waals surface area contributed by atoms with Crippen molar-refractivity contribution in [2.75, 3.05) is 6.54 Å². The number of carbonyl (C=O) groups is 1. The predicted molar refractivity (Wildman–Crippen MR) is 68.3 cm³/mol. The zero-order valence-electron chi connectivity index (χ0n) is 9.38. The lowest BCUT2D eigenvalue weighted by molar-refractivity contribution is -0.201. The predicted octanol–water partition coefficient (Wildman–Crippen LogP) is 2.25. The van der Waals surface area contributed by atoms with E-state index in [1.54, 1.807) is 19.1 Å². The normalized spacial score (nSPS) is 13.2. The molecule has 1 amide bonds. The third-order valence-electron chi connectivity index (χ3n) is 2.27. The monoisotopic (exact) mass is 373 g/mol. The fourth-order valence-corrected chi connectivity index (χ4v) is 1.83. The summed E-state index contributed by atoms with van der Waals surface area (Å²) in [5, 5.41) is 10.8. The van der Waals surface area contributed by atoms with Crippen molar-refractivity contribution in [3.63, 3.8) is 0 Å². The SMILES string of the molecule is Cc1cccc(C(=O)NCC(O)C(F)(F)F)c1I. The van der Waals surface area contributed by atoms with Gasteiger partial charge in [0.1, 0.15) is 0 Å². The molecule has 18 heavy (non-hydrogen) atoms. The van der Waals surface area contributed by atoms with Crippen molar-refractivity contribution < 1.29 is 23.1 Å². The molecule has 0 aromatic heterocycles. The van der Waals surface area contributed by atoms with Crippen molar-refractivity contribution in [2.24, 2.45) is 0 Å². The van der Waals surface area contributed by atoms with Crippen LogP contribution in [0.2, 0.25) is 0 Å². The molecule has 0 fully saturated rings. The first-order valence-corrected chi connectivity index (χ1v) is 6.09. The molecule has 0 radical (unpaired) electrons. The second kappa shape index (κ2) is 5.87. The van der Waals surface area contributed by atoms with E-state index < -0.39 is 24.7 Å². The Labute approximate surface area is 116 Å². The van der Waals surface area contributed by atoms with Crippen LogP contribution in [0.15, 0.2) is 18.2 Å². The van der Waals surface area contributed by atoms with Gasteiger partial charge in [-0.3, -0.25) is 4.79 Å². The van der Waals surface area contributed by atoms with Crippen LogP contribution in [0.25, 0.3) is 0 Å². The summed E-state index contributed by atoms with van der Waals surface area (Å²) in [5.41, 5.74) is 1.16. The van der Waals surface area contributed by atoms with E-state index in [2.05, 4.69) is 5.32 Å². The lowest BCUT2D eigenvalue weighted by Crippen LogP contribution is -2.40. The van der Waals surface area contributed by atoms with Crippen molar-refractivity contribution in [1.29, 1.82) is 0 Å². The molecule has 0 aliphatic rings. The third-order valence-corrected chi connectivity index (χ3v) is 3.70. The standard InChI is InChI=1S/C11H11F3INO2/c1-6-3-2-4-7(9(6)15)10(18)16-5-8(17)11(12,13)14/h2-4,8,17H,5H2,1H3,(H,16,18). The number of hydrogen-bond acceptors (Lipinski definition) is 2. The van der Waals surface area contributed by atoms with Crippen LogP contribution >= 0.6 is 22.6 Å². The number of aliphatic hydroxyl groups excluding tert-OH is 1. The minimum atomic E-state index is -4.73. The van der Waals surface area contributed by atoms with Crippen LogP contribution in [-0.2, 0) is 0 Å². The maximum atomic E-state index is 12.0. The van der Waals surface area contributed by atoms with Gasteiger partial charge in [-0.2, -0.15) is 13.2 Å². The molecular formula is C11H11F3INO2. The summed E-state index contributed by atoms with van der Waals surface area (Å²) in [6.07, 6.45) is -7.28. The van der Waals surface area contributed by atoms with Crippen LogP contribution in [0, 0.1) is 10.5 Å². The Bertz CT molecular complexity index is 448. The van der Waals surface area contributed by atoms with Gasteiger partial charge in [-0.1, -0.05) is 12.1 Å². The van der Waals surface area contributed by atoms with Gasteiger partial charge >= 0.3 is 6.18 Å². The van der Waals surface area contributed by atoms with Crippen LogP contribution in [0.1, 0.15) is 15.9 Å². The minimum absolute atomic E-state index is 0.296. The molecule has 0 heterocycles. The summed E-state index contributed by atoms with van der Waals surface area (Å²) in [5.74, 6) is -0.633. The number of hydrogen-bond donors (Lipinski definition) is 2. The van der Waals surface area contributed by atoms with E-state index in [9.17, 15) is 18.0 Å². The van der Waals surface area contributed by atoms with Gasteiger partial charge < -0.3 is 10.4 Å². The van der Waals surface area contributed by atoms with Crippen molar-refractivity contribution in [3.05, 3.63) is 32.9 Å². The Balaban J connectivity index is 2.70. The van der Waals surface area contributed by atoms with Crippen LogP contribution in [0.5, 0.6) is 0 Å². The number of amides is 1. The molecular weight excluding hydrogens is 362 g/mol. The molecule has 100 valence electrons. The van der Waals surface area contributed by atoms with Gasteiger partial charge in [0.05, 0.1) is 12.1 Å². The van der Waals surface area contributed by atoms with Crippen molar-refractivity contribution in [3.8, 4) is 0 Å². The average molecular weight is 373 g/mol. The summed E-state index contributed by atoms with van der Waals surface area (Å²) < 4.78 is 36.8. The summed E-state index contributed by atoms with van der Waals surface area (Å²) in [6.45, 7) is 0.940. The number of alkyl halides is 3. The molecule has 0 aliphatic heterocycles. The Kier molecular flexibility index (Phi) is 4.97. The number of aryl methyl sites for hydroxylation is 1. The highest BCUT2D eigenvalue weighted by atomic mass is 127. The lowest BCUT2D eigenvalue weighted by atomic mass is 10.1. The largest absolute Gasteiger partial charge is 0.416 e. The van der Waals surface area contributed by atoms with Crippen LogP contribution in [-0.4, -0.2) is 29.8 Å². The van der Waals surface area contributed by atoms with Crippen LogP contribution < -0.4 is 5.32 Å². The number of nitrogens with one attached hydrogen (secondary N) is 1. The highest BCUT2D eigenvalue weighted by Gasteiger charge is 2.38. The van der Waals surface area contributed by atoms with E-state index in [1.165, 1.54) is 6.07 Å². The molecule has 7 heteroatoms. The third kappa shape index (κ3) is 3.84. The van der Waals surface area contributed by atoms with Crippen LogP contribution in [0.3, 0.4) is 0 Å². The molecule has 2 N–H and O–H groups in total. The summed E-state index contributed by atoms with van der Waals surface area (Å²) in [7, 11) is 0. The van der Waals surface area contributed by atoms with E-state index in [0.717, 1.165) is 5.56 Å². The maximum absolute atomic E-state index is 12.0. The Morgan fingerprint density at radius 2 is 2.11 bits per heavy atom. The first-order chi connectivity index (χ1) is 8.23. The van der Waals surface area contributed by atoms with Gasteiger partial charge in [0, 0.05) is 3.57 Å². The van der Waals surface area contributed by atoms with Gasteiger partial charge in [-0.15, -0.1) is 0 Å². The molecule has 1 unspecified atom stereocenters. The highest BCUT2D eigenvalue weighted by Crippen LogP contribution is 2.20. The molecule has 0 aliphatic carbocycles. The number of aliphatic hydroxyl groups is 1. The van der Waals surface area contributed by atoms with Crippen molar-refractivity contribution in [2.45, 2.75) is 19.2 Å². The summed E-state index contributed by atoms with van der Waals surface area (Å²) >= 11 is 1.95. The molecule has 1 rings (SSSR count). The van der Waals surface area contributed by atoms with Crippen molar-refractivity contribution >= 4 is 28.5 Å². The quantitative estimate of drug-likeness (QED) is 0.799. The fourth-order valence-electron chi connectivity index (χ4n) is 1.22. The van der Waals surface area contributed by atoms with E-state index in [4.69, 9.17) is 5.11 Å². The smallest absolute Gasteiger partial charge is 0.382 e. The number of rotatable bonds is 3. The molecule has 0 bridgehead atoms. The molecule has 0 spiro atoms. The summed E-state index contributed by atoms with van der Waals surface area (Å²) in [4.78, 5) is 11.7. The summed E-state index contributed by atoms with van der Waals surface area (Å²) in [6, 6.07) is 4.96. The van der Waals surface area contributed by atoms with E-state index >= 15 is 0 Å². The van der Waals surface area contributed by atoms with E-state index in [-0.39, 0.29) is 0 Å². The Morgan fingerprint density at radius 1 is 1.50 bits per heavy atom. The van der Waals surface area contributed by atoms with Gasteiger partial charge in [0.15, 0.2) is 6.10 Å². The van der Waals surface area contributed by atoms with Gasteiger partial charge in [0.2, 0.25) is 0 Å². The Morgan fingerprint density at radius 3 is 2.67 bits per heavy atom. The first kappa shape index (κ1) is 15.2. The van der Waals surface area contributed by atoms with E-state index in [0.29, 0.717) is 9.13 Å². The number of halogens is 4. The molecule has 3 nitrogen and oxygen atoms in total. The van der Waals surface area contributed by atoms with Crippen molar-refractivity contribution in [1.82, 2.24) is 5.32 Å². The molecule has 1 aromatic carbocycles. The van der Waals surface area contributed by atoms with Gasteiger partial charge in [0.25, 0.3) is 5.91 Å². The van der Waals surface area contributed by atoms with Crippen LogP contribution in [0.4, 0.5) is 13.2 Å². The van der Waals surface area contributed by atoms with Gasteiger partial charge in [-0.25, -0.2) is 0 Å². The zero-order chi connectivity index (χ0) is 13.9. The molecule has 1 atom stereocenters. The lowest BCUT2D eigenvalue weighted by Gasteiger charge is -2.15. The molecule has 1 aromatic rings. The maximum Gasteiger partial charge on any atom is 0.416 e.